The molecule has 0 spiro atoms. The first-order valence-corrected chi connectivity index (χ1v) is 10.8. The molecule has 0 atom stereocenters. The Kier molecular flexibility index (Phi) is 5.89. The second-order valence-corrected chi connectivity index (χ2v) is 7.88. The van der Waals surface area contributed by atoms with E-state index >= 15 is 0 Å². The van der Waals surface area contributed by atoms with Crippen molar-refractivity contribution in [2.45, 2.75) is 0 Å². The van der Waals surface area contributed by atoms with Crippen molar-refractivity contribution in [1.29, 1.82) is 0 Å². The molecule has 0 saturated carbocycles. The molecular weight excluding hydrogens is 412 g/mol. The smallest absolute Gasteiger partial charge is 0.228 e. The minimum atomic E-state index is 0.534. The Bertz CT molecular complexity index is 1150. The highest BCUT2D eigenvalue weighted by Gasteiger charge is 2.20. The van der Waals surface area contributed by atoms with E-state index in [2.05, 4.69) is 22.0 Å². The van der Waals surface area contributed by atoms with E-state index in [9.17, 15) is 0 Å². The molecule has 0 unspecified atom stereocenters. The van der Waals surface area contributed by atoms with Crippen LogP contribution in [0.25, 0.3) is 33.6 Å². The van der Waals surface area contributed by atoms with Crippen molar-refractivity contribution >= 4 is 22.7 Å². The predicted octanol–water partition coefficient (Wildman–Crippen LogP) is 5.53. The number of morpholine rings is 1. The molecule has 1 aliphatic rings. The van der Waals surface area contributed by atoms with Crippen LogP contribution in [0.4, 0.5) is 0 Å². The number of rotatable bonds is 6. The van der Waals surface area contributed by atoms with Crippen LogP contribution < -0.4 is 4.74 Å². The van der Waals surface area contributed by atoms with Crippen LogP contribution in [0.5, 0.6) is 5.75 Å². The number of pyridine rings is 1. The zero-order valence-electron chi connectivity index (χ0n) is 17.1. The molecule has 2 aromatic carbocycles. The minimum absolute atomic E-state index is 0.534. The number of nitrogens with zero attached hydrogens (tertiary/aromatic N) is 2. The Morgan fingerprint density at radius 2 is 1.71 bits per heavy atom. The van der Waals surface area contributed by atoms with Gasteiger partial charge in [-0.2, -0.15) is 0 Å². The lowest BCUT2D eigenvalue weighted by atomic mass is 9.99. The van der Waals surface area contributed by atoms with Crippen LogP contribution in [-0.4, -0.2) is 49.3 Å². The first kappa shape index (κ1) is 20.1. The Labute approximate surface area is 186 Å². The average Bonchev–Trinajstić information content (AvgIpc) is 3.22. The molecule has 158 valence electrons. The Hall–Kier alpha value is -2.86. The summed E-state index contributed by atoms with van der Waals surface area (Å²) in [7, 11) is 0. The maximum Gasteiger partial charge on any atom is 0.228 e. The van der Waals surface area contributed by atoms with Crippen LogP contribution >= 0.6 is 11.6 Å². The number of hydrogen-bond donors (Lipinski definition) is 0. The summed E-state index contributed by atoms with van der Waals surface area (Å²) >= 11 is 6.53. The van der Waals surface area contributed by atoms with Crippen LogP contribution in [0, 0.1) is 0 Å². The summed E-state index contributed by atoms with van der Waals surface area (Å²) in [5, 5.41) is 1.46. The lowest BCUT2D eigenvalue weighted by Crippen LogP contribution is -2.38. The molecule has 0 N–H and O–H groups in total. The predicted molar refractivity (Wildman–Crippen MR) is 123 cm³/mol. The van der Waals surface area contributed by atoms with Crippen LogP contribution in [0.1, 0.15) is 0 Å². The van der Waals surface area contributed by atoms with Crippen molar-refractivity contribution in [2.24, 2.45) is 0 Å². The fourth-order valence-corrected chi connectivity index (χ4v) is 4.12. The molecule has 31 heavy (non-hydrogen) atoms. The van der Waals surface area contributed by atoms with Crippen LogP contribution in [0.2, 0.25) is 5.02 Å². The van der Waals surface area contributed by atoms with E-state index in [1.165, 1.54) is 0 Å². The monoisotopic (exact) mass is 434 g/mol. The highest BCUT2D eigenvalue weighted by molar-refractivity contribution is 6.36. The molecule has 5 rings (SSSR count). The van der Waals surface area contributed by atoms with Crippen molar-refractivity contribution in [1.82, 2.24) is 9.88 Å². The van der Waals surface area contributed by atoms with E-state index in [1.807, 2.05) is 42.5 Å². The summed E-state index contributed by atoms with van der Waals surface area (Å²) in [6, 6.07) is 19.9. The first-order chi connectivity index (χ1) is 15.3. The van der Waals surface area contributed by atoms with Gasteiger partial charge in [-0.05, 0) is 35.9 Å². The van der Waals surface area contributed by atoms with Crippen molar-refractivity contribution < 1.29 is 13.9 Å². The number of fused-ring (bicyclic) bond motifs is 1. The van der Waals surface area contributed by atoms with Crippen molar-refractivity contribution in [3.05, 3.63) is 71.9 Å². The number of halogens is 1. The van der Waals surface area contributed by atoms with Crippen LogP contribution in [0.15, 0.2) is 71.3 Å². The number of furan rings is 1. The van der Waals surface area contributed by atoms with E-state index in [-0.39, 0.29) is 0 Å². The summed E-state index contributed by atoms with van der Waals surface area (Å²) in [6.45, 7) is 5.08. The maximum absolute atomic E-state index is 6.53. The number of aromatic nitrogens is 1. The lowest BCUT2D eigenvalue weighted by molar-refractivity contribution is 0.0322. The molecule has 1 saturated heterocycles. The van der Waals surface area contributed by atoms with Crippen LogP contribution in [-0.2, 0) is 4.74 Å². The van der Waals surface area contributed by atoms with Crippen molar-refractivity contribution in [3.63, 3.8) is 0 Å². The number of benzene rings is 2. The lowest BCUT2D eigenvalue weighted by Gasteiger charge is -2.26. The fourth-order valence-electron chi connectivity index (χ4n) is 3.89. The molecule has 2 aromatic heterocycles. The highest BCUT2D eigenvalue weighted by atomic mass is 35.5. The number of ether oxygens (including phenoxy) is 2. The fraction of sp³-hybridized carbons (Fsp3) is 0.240. The van der Waals surface area contributed by atoms with Crippen molar-refractivity contribution in [3.8, 4) is 28.2 Å². The summed E-state index contributed by atoms with van der Waals surface area (Å²) in [6.07, 6.45) is 1.66. The second-order valence-electron chi connectivity index (χ2n) is 7.47. The molecule has 1 fully saturated rings. The molecule has 0 bridgehead atoms. The summed E-state index contributed by atoms with van der Waals surface area (Å²) < 4.78 is 17.5. The highest BCUT2D eigenvalue weighted by Crippen LogP contribution is 2.43. The van der Waals surface area contributed by atoms with Gasteiger partial charge in [0.05, 0.1) is 23.6 Å². The van der Waals surface area contributed by atoms with Gasteiger partial charge in [-0.15, -0.1) is 0 Å². The third-order valence-corrected chi connectivity index (χ3v) is 5.82. The zero-order valence-corrected chi connectivity index (χ0v) is 17.8. The zero-order chi connectivity index (χ0) is 21.0. The quantitative estimate of drug-likeness (QED) is 0.399. The molecule has 5 nitrogen and oxygen atoms in total. The van der Waals surface area contributed by atoms with Gasteiger partial charge in [0.15, 0.2) is 0 Å². The first-order valence-electron chi connectivity index (χ1n) is 10.5. The van der Waals surface area contributed by atoms with E-state index in [4.69, 9.17) is 25.5 Å². The molecule has 0 amide bonds. The molecule has 3 heterocycles. The van der Waals surface area contributed by atoms with E-state index < -0.39 is 0 Å². The summed E-state index contributed by atoms with van der Waals surface area (Å²) in [5.41, 5.74) is 3.48. The third-order valence-electron chi connectivity index (χ3n) is 5.50. The number of hydrogen-bond acceptors (Lipinski definition) is 5. The van der Waals surface area contributed by atoms with Gasteiger partial charge in [-0.3, -0.25) is 4.90 Å². The van der Waals surface area contributed by atoms with E-state index in [0.717, 1.165) is 66.4 Å². The largest absolute Gasteiger partial charge is 0.492 e. The standard InChI is InChI=1S/C25H23ClN2O3/c26-21-10-11-27-25-23(21)22(18-4-2-1-3-5-18)24(31-25)19-6-8-20(9-7-19)30-17-14-28-12-15-29-16-13-28/h1-11H,12-17H2. The molecule has 1 aliphatic heterocycles. The summed E-state index contributed by atoms with van der Waals surface area (Å²) in [4.78, 5) is 6.74. The van der Waals surface area contributed by atoms with Gasteiger partial charge >= 0.3 is 0 Å². The summed E-state index contributed by atoms with van der Waals surface area (Å²) in [5.74, 6) is 1.59. The normalized spacial score (nSPS) is 14.7. The SMILES string of the molecule is Clc1ccnc2oc(-c3ccc(OCCN4CCOCC4)cc3)c(-c3ccccc3)c12. The van der Waals surface area contributed by atoms with Crippen molar-refractivity contribution in [2.75, 3.05) is 39.5 Å². The molecular formula is C25H23ClN2O3. The average molecular weight is 435 g/mol. The second kappa shape index (κ2) is 9.10. The molecule has 4 aromatic rings. The van der Waals surface area contributed by atoms with Gasteiger partial charge in [0.1, 0.15) is 18.1 Å². The van der Waals surface area contributed by atoms with Gasteiger partial charge in [-0.25, -0.2) is 4.98 Å². The molecule has 0 radical (unpaired) electrons. The topological polar surface area (TPSA) is 47.7 Å². The van der Waals surface area contributed by atoms with E-state index in [1.54, 1.807) is 12.3 Å². The van der Waals surface area contributed by atoms with Gasteiger partial charge in [0.2, 0.25) is 5.71 Å². The maximum atomic E-state index is 6.53. The van der Waals surface area contributed by atoms with Gasteiger partial charge in [-0.1, -0.05) is 41.9 Å². The van der Waals surface area contributed by atoms with Gasteiger partial charge < -0.3 is 13.9 Å². The van der Waals surface area contributed by atoms with Crippen LogP contribution in [0.3, 0.4) is 0 Å². The Morgan fingerprint density at radius 1 is 0.935 bits per heavy atom. The molecule has 0 aliphatic carbocycles. The Morgan fingerprint density at radius 3 is 2.48 bits per heavy atom. The van der Waals surface area contributed by atoms with Gasteiger partial charge in [0, 0.05) is 37.0 Å². The third kappa shape index (κ3) is 4.30. The molecule has 6 heteroatoms. The minimum Gasteiger partial charge on any atom is -0.492 e. The Balaban J connectivity index is 1.41. The van der Waals surface area contributed by atoms with Gasteiger partial charge in [0.25, 0.3) is 0 Å². The van der Waals surface area contributed by atoms with E-state index in [0.29, 0.717) is 17.3 Å².